The highest BCUT2D eigenvalue weighted by molar-refractivity contribution is 4.82. The summed E-state index contributed by atoms with van der Waals surface area (Å²) in [5.74, 6) is 1.38. The zero-order chi connectivity index (χ0) is 16.1. The maximum absolute atomic E-state index is 6.02. The van der Waals surface area contributed by atoms with Gasteiger partial charge in [-0.2, -0.15) is 0 Å². The Balaban J connectivity index is 4.59. The van der Waals surface area contributed by atoms with Crippen LogP contribution in [-0.2, 0) is 9.47 Å². The standard InChI is InChI=1S/C19H40O2/c1-7-9-11-20-15-19(13-17(3)4,14-18(5)6)16-21-12-10-8-2/h17-18H,7-16H2,1-6H3. The zero-order valence-electron chi connectivity index (χ0n) is 15.5. The lowest BCUT2D eigenvalue weighted by Gasteiger charge is -2.36. The van der Waals surface area contributed by atoms with Crippen LogP contribution in [0.4, 0.5) is 0 Å². The molecule has 0 fully saturated rings. The Bertz CT molecular complexity index is 200. The molecule has 2 heteroatoms. The van der Waals surface area contributed by atoms with Gasteiger partial charge in [0.15, 0.2) is 0 Å². The normalized spacial score (nSPS) is 12.6. The molecular weight excluding hydrogens is 260 g/mol. The molecule has 0 aliphatic heterocycles. The highest BCUT2D eigenvalue weighted by atomic mass is 16.5. The summed E-state index contributed by atoms with van der Waals surface area (Å²) in [6, 6.07) is 0. The molecule has 0 spiro atoms. The zero-order valence-corrected chi connectivity index (χ0v) is 15.5. The number of unbranched alkanes of at least 4 members (excludes halogenated alkanes) is 2. The van der Waals surface area contributed by atoms with Crippen LogP contribution in [0.1, 0.15) is 80.1 Å². The summed E-state index contributed by atoms with van der Waals surface area (Å²) < 4.78 is 12.0. The van der Waals surface area contributed by atoms with Gasteiger partial charge in [0.1, 0.15) is 0 Å². The maximum Gasteiger partial charge on any atom is 0.0544 e. The van der Waals surface area contributed by atoms with Crippen LogP contribution in [-0.4, -0.2) is 26.4 Å². The van der Waals surface area contributed by atoms with Crippen LogP contribution in [0.15, 0.2) is 0 Å². The van der Waals surface area contributed by atoms with Crippen molar-refractivity contribution >= 4 is 0 Å². The minimum atomic E-state index is 0.198. The van der Waals surface area contributed by atoms with E-state index in [1.807, 2.05) is 0 Å². The third kappa shape index (κ3) is 11.2. The van der Waals surface area contributed by atoms with Crippen molar-refractivity contribution in [2.45, 2.75) is 80.1 Å². The Morgan fingerprint density at radius 3 is 1.38 bits per heavy atom. The molecular formula is C19H40O2. The molecule has 0 aromatic carbocycles. The van der Waals surface area contributed by atoms with Crippen molar-refractivity contribution in [1.82, 2.24) is 0 Å². The molecule has 128 valence electrons. The Morgan fingerprint density at radius 1 is 0.714 bits per heavy atom. The van der Waals surface area contributed by atoms with Gasteiger partial charge >= 0.3 is 0 Å². The molecule has 0 aliphatic carbocycles. The van der Waals surface area contributed by atoms with E-state index >= 15 is 0 Å². The first-order chi connectivity index (χ1) is 9.95. The van der Waals surface area contributed by atoms with Crippen molar-refractivity contribution in [2.75, 3.05) is 26.4 Å². The van der Waals surface area contributed by atoms with Crippen molar-refractivity contribution in [2.24, 2.45) is 17.3 Å². The second-order valence-electron chi connectivity index (χ2n) is 7.51. The maximum atomic E-state index is 6.02. The summed E-state index contributed by atoms with van der Waals surface area (Å²) >= 11 is 0. The number of ether oxygens (including phenoxy) is 2. The van der Waals surface area contributed by atoms with Gasteiger partial charge in [0, 0.05) is 18.6 Å². The summed E-state index contributed by atoms with van der Waals surface area (Å²) in [5, 5.41) is 0. The van der Waals surface area contributed by atoms with Gasteiger partial charge in [0.05, 0.1) is 13.2 Å². The molecule has 0 aromatic rings. The SMILES string of the molecule is CCCCOCC(COCCCC)(CC(C)C)CC(C)C. The van der Waals surface area contributed by atoms with E-state index in [1.165, 1.54) is 25.7 Å². The summed E-state index contributed by atoms with van der Waals surface area (Å²) in [6.45, 7) is 17.2. The molecule has 0 amide bonds. The Labute approximate surface area is 134 Å². The van der Waals surface area contributed by atoms with Crippen molar-refractivity contribution in [3.63, 3.8) is 0 Å². The van der Waals surface area contributed by atoms with Crippen LogP contribution in [0.2, 0.25) is 0 Å². The fraction of sp³-hybridized carbons (Fsp3) is 1.00. The van der Waals surface area contributed by atoms with Gasteiger partial charge in [-0.1, -0.05) is 54.4 Å². The molecule has 0 saturated heterocycles. The lowest BCUT2D eigenvalue weighted by molar-refractivity contribution is -0.0453. The minimum Gasteiger partial charge on any atom is -0.381 e. The van der Waals surface area contributed by atoms with Crippen molar-refractivity contribution < 1.29 is 9.47 Å². The smallest absolute Gasteiger partial charge is 0.0544 e. The molecule has 0 bridgehead atoms. The first-order valence-electron chi connectivity index (χ1n) is 9.11. The van der Waals surface area contributed by atoms with Crippen LogP contribution in [0.5, 0.6) is 0 Å². The van der Waals surface area contributed by atoms with E-state index < -0.39 is 0 Å². The first-order valence-corrected chi connectivity index (χ1v) is 9.11. The average Bonchev–Trinajstić information content (AvgIpc) is 2.38. The van der Waals surface area contributed by atoms with Crippen LogP contribution in [0, 0.1) is 17.3 Å². The summed E-state index contributed by atoms with van der Waals surface area (Å²) in [4.78, 5) is 0. The van der Waals surface area contributed by atoms with E-state index in [0.29, 0.717) is 11.8 Å². The third-order valence-electron chi connectivity index (χ3n) is 3.78. The quantitative estimate of drug-likeness (QED) is 0.383. The molecule has 2 nitrogen and oxygen atoms in total. The van der Waals surface area contributed by atoms with E-state index in [-0.39, 0.29) is 5.41 Å². The van der Waals surface area contributed by atoms with Crippen LogP contribution in [0.25, 0.3) is 0 Å². The number of hydrogen-bond acceptors (Lipinski definition) is 2. The molecule has 0 saturated carbocycles. The van der Waals surface area contributed by atoms with Crippen LogP contribution in [0.3, 0.4) is 0 Å². The molecule has 0 radical (unpaired) electrons. The fourth-order valence-corrected chi connectivity index (χ4v) is 3.16. The average molecular weight is 301 g/mol. The highest BCUT2D eigenvalue weighted by Crippen LogP contribution is 2.35. The molecule has 0 unspecified atom stereocenters. The Kier molecular flexibility index (Phi) is 12.4. The monoisotopic (exact) mass is 300 g/mol. The second-order valence-corrected chi connectivity index (χ2v) is 7.51. The molecule has 0 rings (SSSR count). The molecule has 0 N–H and O–H groups in total. The molecule has 21 heavy (non-hydrogen) atoms. The van der Waals surface area contributed by atoms with Gasteiger partial charge in [-0.25, -0.2) is 0 Å². The predicted molar refractivity (Wildman–Crippen MR) is 92.8 cm³/mol. The van der Waals surface area contributed by atoms with E-state index in [2.05, 4.69) is 41.5 Å². The number of hydrogen-bond donors (Lipinski definition) is 0. The van der Waals surface area contributed by atoms with E-state index in [4.69, 9.17) is 9.47 Å². The molecule has 0 heterocycles. The van der Waals surface area contributed by atoms with E-state index in [1.54, 1.807) is 0 Å². The third-order valence-corrected chi connectivity index (χ3v) is 3.78. The van der Waals surface area contributed by atoms with Crippen molar-refractivity contribution in [3.8, 4) is 0 Å². The van der Waals surface area contributed by atoms with Gasteiger partial charge in [0.25, 0.3) is 0 Å². The largest absolute Gasteiger partial charge is 0.381 e. The topological polar surface area (TPSA) is 18.5 Å². The van der Waals surface area contributed by atoms with E-state index in [0.717, 1.165) is 39.3 Å². The van der Waals surface area contributed by atoms with Gasteiger partial charge in [-0.05, 0) is 37.5 Å². The van der Waals surface area contributed by atoms with E-state index in [9.17, 15) is 0 Å². The Morgan fingerprint density at radius 2 is 1.10 bits per heavy atom. The van der Waals surface area contributed by atoms with Crippen molar-refractivity contribution in [1.29, 1.82) is 0 Å². The van der Waals surface area contributed by atoms with Gasteiger partial charge in [-0.3, -0.25) is 0 Å². The lowest BCUT2D eigenvalue weighted by atomic mass is 9.75. The fourth-order valence-electron chi connectivity index (χ4n) is 3.16. The van der Waals surface area contributed by atoms with Gasteiger partial charge in [-0.15, -0.1) is 0 Å². The Hall–Kier alpha value is -0.0800. The molecule has 0 aromatic heterocycles. The van der Waals surface area contributed by atoms with Crippen LogP contribution < -0.4 is 0 Å². The summed E-state index contributed by atoms with van der Waals surface area (Å²) in [5.41, 5.74) is 0.198. The second kappa shape index (κ2) is 12.5. The number of rotatable bonds is 14. The summed E-state index contributed by atoms with van der Waals surface area (Å²) in [6.07, 6.45) is 7.13. The van der Waals surface area contributed by atoms with Gasteiger partial charge in [0.2, 0.25) is 0 Å². The van der Waals surface area contributed by atoms with Crippen LogP contribution >= 0.6 is 0 Å². The first kappa shape index (κ1) is 20.9. The predicted octanol–water partition coefficient (Wildman–Crippen LogP) is 5.70. The highest BCUT2D eigenvalue weighted by Gasteiger charge is 2.32. The van der Waals surface area contributed by atoms with Gasteiger partial charge < -0.3 is 9.47 Å². The summed E-state index contributed by atoms with van der Waals surface area (Å²) in [7, 11) is 0. The lowest BCUT2D eigenvalue weighted by Crippen LogP contribution is -2.36. The minimum absolute atomic E-state index is 0.198. The molecule has 0 atom stereocenters. The molecule has 0 aliphatic rings. The van der Waals surface area contributed by atoms with Crippen molar-refractivity contribution in [3.05, 3.63) is 0 Å².